The summed E-state index contributed by atoms with van der Waals surface area (Å²) >= 11 is 0. The van der Waals surface area contributed by atoms with E-state index in [1.165, 1.54) is 6.07 Å². The van der Waals surface area contributed by atoms with E-state index in [0.717, 1.165) is 0 Å². The summed E-state index contributed by atoms with van der Waals surface area (Å²) in [6, 6.07) is 6.28. The molecule has 1 aromatic rings. The molecule has 0 atom stereocenters. The minimum atomic E-state index is -3.12. The van der Waals surface area contributed by atoms with E-state index in [0.29, 0.717) is 12.0 Å². The van der Waals surface area contributed by atoms with Crippen LogP contribution in [0, 0.1) is 0 Å². The van der Waals surface area contributed by atoms with Crippen molar-refractivity contribution in [3.8, 4) is 0 Å². The fraction of sp³-hybridized carbons (Fsp3) is 0.400. The molecular weight excluding hydrogens is 174 g/mol. The maximum atomic E-state index is 13.1. The average Bonchev–Trinajstić information content (AvgIpc) is 2.18. The van der Waals surface area contributed by atoms with Gasteiger partial charge in [0.05, 0.1) is 0 Å². The third-order valence-electron chi connectivity index (χ3n) is 1.99. The van der Waals surface area contributed by atoms with Gasteiger partial charge in [-0.15, -0.1) is 0 Å². The summed E-state index contributed by atoms with van der Waals surface area (Å²) in [4.78, 5) is 0. The van der Waals surface area contributed by atoms with Gasteiger partial charge >= 0.3 is 0 Å². The Balaban J connectivity index is 3.12. The van der Waals surface area contributed by atoms with Crippen LogP contribution in [0.4, 0.5) is 8.78 Å². The van der Waals surface area contributed by atoms with Crippen molar-refractivity contribution < 1.29 is 13.9 Å². The highest BCUT2D eigenvalue weighted by Crippen LogP contribution is 2.29. The van der Waals surface area contributed by atoms with Crippen molar-refractivity contribution in [2.45, 2.75) is 19.3 Å². The molecule has 0 aliphatic heterocycles. The van der Waals surface area contributed by atoms with Gasteiger partial charge in [-0.1, -0.05) is 31.2 Å². The Kier molecular flexibility index (Phi) is 2.98. The Hall–Kier alpha value is -0.960. The maximum Gasteiger partial charge on any atom is 0.296 e. The molecule has 1 N–H and O–H groups in total. The summed E-state index contributed by atoms with van der Waals surface area (Å²) in [6.45, 7) is 0.677. The minimum absolute atomic E-state index is 0.0694. The first-order chi connectivity index (χ1) is 6.11. The van der Waals surface area contributed by atoms with Crippen molar-refractivity contribution in [3.63, 3.8) is 0 Å². The smallest absolute Gasteiger partial charge is 0.296 e. The molecular formula is C10H12F2O. The number of halogens is 2. The van der Waals surface area contributed by atoms with Crippen LogP contribution >= 0.6 is 0 Å². The Labute approximate surface area is 76.0 Å². The van der Waals surface area contributed by atoms with Crippen LogP contribution in [0.25, 0.3) is 0 Å². The van der Waals surface area contributed by atoms with Crippen molar-refractivity contribution >= 4 is 0 Å². The number of benzene rings is 1. The molecule has 72 valence electrons. The summed E-state index contributed by atoms with van der Waals surface area (Å²) in [5.41, 5.74) is 0.515. The monoisotopic (exact) mass is 186 g/mol. The highest BCUT2D eigenvalue weighted by Gasteiger charge is 2.31. The first-order valence-corrected chi connectivity index (χ1v) is 4.19. The predicted octanol–water partition coefficient (Wildman–Crippen LogP) is 2.33. The molecule has 0 amide bonds. The summed E-state index contributed by atoms with van der Waals surface area (Å²) in [5, 5.41) is 8.52. The SMILES string of the molecule is CCc1ccccc1C(F)(F)CO. The van der Waals surface area contributed by atoms with Gasteiger partial charge in [0.15, 0.2) is 0 Å². The molecule has 0 saturated carbocycles. The van der Waals surface area contributed by atoms with E-state index in [-0.39, 0.29) is 5.56 Å². The van der Waals surface area contributed by atoms with Gasteiger partial charge in [0, 0.05) is 5.56 Å². The molecule has 0 bridgehead atoms. The van der Waals surface area contributed by atoms with Gasteiger partial charge in [-0.05, 0) is 12.0 Å². The molecule has 0 aliphatic rings. The quantitative estimate of drug-likeness (QED) is 0.768. The van der Waals surface area contributed by atoms with E-state index in [1.807, 2.05) is 6.92 Å². The lowest BCUT2D eigenvalue weighted by Gasteiger charge is -2.16. The molecule has 0 spiro atoms. The second-order valence-electron chi connectivity index (χ2n) is 2.87. The highest BCUT2D eigenvalue weighted by atomic mass is 19.3. The molecule has 1 nitrogen and oxygen atoms in total. The van der Waals surface area contributed by atoms with Gasteiger partial charge in [0.2, 0.25) is 0 Å². The predicted molar refractivity (Wildman–Crippen MR) is 46.8 cm³/mol. The molecule has 1 aromatic carbocycles. The minimum Gasteiger partial charge on any atom is -0.390 e. The van der Waals surface area contributed by atoms with E-state index >= 15 is 0 Å². The normalized spacial score (nSPS) is 11.7. The molecule has 3 heteroatoms. The Morgan fingerprint density at radius 3 is 2.46 bits per heavy atom. The zero-order valence-corrected chi connectivity index (χ0v) is 7.43. The first kappa shape index (κ1) is 10.1. The van der Waals surface area contributed by atoms with Crippen molar-refractivity contribution in [3.05, 3.63) is 35.4 Å². The van der Waals surface area contributed by atoms with Crippen LogP contribution in [0.3, 0.4) is 0 Å². The summed E-state index contributed by atoms with van der Waals surface area (Å²) < 4.78 is 26.2. The van der Waals surface area contributed by atoms with E-state index in [1.54, 1.807) is 18.2 Å². The summed E-state index contributed by atoms with van der Waals surface area (Å²) in [7, 11) is 0. The topological polar surface area (TPSA) is 20.2 Å². The van der Waals surface area contributed by atoms with Crippen LogP contribution in [-0.4, -0.2) is 11.7 Å². The third-order valence-corrected chi connectivity index (χ3v) is 1.99. The molecule has 0 radical (unpaired) electrons. The molecule has 0 unspecified atom stereocenters. The van der Waals surface area contributed by atoms with E-state index < -0.39 is 12.5 Å². The van der Waals surface area contributed by atoms with E-state index in [4.69, 9.17) is 5.11 Å². The number of aliphatic hydroxyl groups excluding tert-OH is 1. The van der Waals surface area contributed by atoms with Gasteiger partial charge in [-0.25, -0.2) is 0 Å². The van der Waals surface area contributed by atoms with Crippen LogP contribution in [0.5, 0.6) is 0 Å². The third kappa shape index (κ3) is 2.04. The van der Waals surface area contributed by atoms with Crippen LogP contribution in [0.15, 0.2) is 24.3 Å². The fourth-order valence-electron chi connectivity index (χ4n) is 1.27. The molecule has 13 heavy (non-hydrogen) atoms. The lowest BCUT2D eigenvalue weighted by molar-refractivity contribution is -0.0562. The molecule has 0 aliphatic carbocycles. The molecule has 0 heterocycles. The lowest BCUT2D eigenvalue weighted by atomic mass is 10.0. The number of hydrogen-bond donors (Lipinski definition) is 1. The van der Waals surface area contributed by atoms with Crippen molar-refractivity contribution in [2.75, 3.05) is 6.61 Å². The van der Waals surface area contributed by atoms with Crippen molar-refractivity contribution in [2.24, 2.45) is 0 Å². The second kappa shape index (κ2) is 3.83. The van der Waals surface area contributed by atoms with Crippen molar-refractivity contribution in [1.29, 1.82) is 0 Å². The zero-order valence-electron chi connectivity index (χ0n) is 7.43. The molecule has 1 rings (SSSR count). The first-order valence-electron chi connectivity index (χ1n) is 4.19. The van der Waals surface area contributed by atoms with Crippen molar-refractivity contribution in [1.82, 2.24) is 0 Å². The molecule has 0 fully saturated rings. The Bertz CT molecular complexity index is 284. The van der Waals surface area contributed by atoms with Crippen LogP contribution in [-0.2, 0) is 12.3 Å². The van der Waals surface area contributed by atoms with Gasteiger partial charge in [0.25, 0.3) is 5.92 Å². The summed E-state index contributed by atoms with van der Waals surface area (Å²) in [6.07, 6.45) is 0.547. The van der Waals surface area contributed by atoms with Crippen LogP contribution in [0.1, 0.15) is 18.1 Å². The van der Waals surface area contributed by atoms with Gasteiger partial charge in [0.1, 0.15) is 6.61 Å². The van der Waals surface area contributed by atoms with Crippen LogP contribution in [0.2, 0.25) is 0 Å². The van der Waals surface area contributed by atoms with Crippen LogP contribution < -0.4 is 0 Å². The van der Waals surface area contributed by atoms with E-state index in [9.17, 15) is 8.78 Å². The van der Waals surface area contributed by atoms with Gasteiger partial charge < -0.3 is 5.11 Å². The standard InChI is InChI=1S/C10H12F2O/c1-2-8-5-3-4-6-9(8)10(11,12)7-13/h3-6,13H,2,7H2,1H3. The molecule has 0 aromatic heterocycles. The number of alkyl halides is 2. The average molecular weight is 186 g/mol. The zero-order chi connectivity index (χ0) is 9.90. The number of aliphatic hydroxyl groups is 1. The fourth-order valence-corrected chi connectivity index (χ4v) is 1.27. The highest BCUT2D eigenvalue weighted by molar-refractivity contribution is 5.30. The Morgan fingerprint density at radius 2 is 1.92 bits per heavy atom. The number of rotatable bonds is 3. The van der Waals surface area contributed by atoms with Gasteiger partial charge in [-0.3, -0.25) is 0 Å². The second-order valence-corrected chi connectivity index (χ2v) is 2.87. The van der Waals surface area contributed by atoms with Gasteiger partial charge in [-0.2, -0.15) is 8.78 Å². The maximum absolute atomic E-state index is 13.1. The number of hydrogen-bond acceptors (Lipinski definition) is 1. The summed E-state index contributed by atoms with van der Waals surface area (Å²) in [5.74, 6) is -3.12. The largest absolute Gasteiger partial charge is 0.390 e. The Morgan fingerprint density at radius 1 is 1.31 bits per heavy atom. The molecule has 0 saturated heterocycles. The number of aryl methyl sites for hydroxylation is 1. The van der Waals surface area contributed by atoms with E-state index in [2.05, 4.69) is 0 Å². The lowest BCUT2D eigenvalue weighted by Crippen LogP contribution is -2.20.